The predicted molar refractivity (Wildman–Crippen MR) is 203 cm³/mol. The summed E-state index contributed by atoms with van der Waals surface area (Å²) in [5.41, 5.74) is 4.80. The standard InChI is InChI=1S/C18H33P.C15H25N2.C7H6.2ClH.Ru/c1-4-10-16(11-5-1)19(17-12-6-2-7-13-17)18-14-8-3-9-15-18;1-3-7-14(8-4-1)16-11-12-17(13-16)15-9-5-2-6-10-15;1-7-5-3-2-4-6-7;;;/h16-18H,1-15H2;11-15H,1-10H2;1-6H;2*1H;/q;-1;;;;+2/p-1. The van der Waals surface area contributed by atoms with Gasteiger partial charge in [-0.25, -0.2) is 0 Å². The molecule has 0 saturated heterocycles. The van der Waals surface area contributed by atoms with Gasteiger partial charge in [0.2, 0.25) is 0 Å². The van der Waals surface area contributed by atoms with E-state index in [0.29, 0.717) is 0 Å². The predicted octanol–water partition coefficient (Wildman–Crippen LogP) is 12.8. The van der Waals surface area contributed by atoms with Crippen molar-refractivity contribution in [2.75, 3.05) is 0 Å². The van der Waals surface area contributed by atoms with Crippen LogP contribution in [0.1, 0.15) is 166 Å². The maximum atomic E-state index is 5.67. The molecule has 1 aromatic rings. The molecule has 262 valence electrons. The summed E-state index contributed by atoms with van der Waals surface area (Å²) in [6, 6.07) is 11.5. The van der Waals surface area contributed by atoms with Crippen molar-refractivity contribution in [3.63, 3.8) is 0 Å². The van der Waals surface area contributed by atoms with Gasteiger partial charge in [-0.05, 0) is 115 Å². The van der Waals surface area contributed by atoms with Crippen molar-refractivity contribution in [3.8, 4) is 0 Å². The number of hydrogen-bond donors (Lipinski definition) is 0. The van der Waals surface area contributed by atoms with Crippen LogP contribution in [0.3, 0.4) is 0 Å². The van der Waals surface area contributed by atoms with E-state index in [9.17, 15) is 0 Å². The topological polar surface area (TPSA) is 6.48 Å². The molecule has 0 bridgehead atoms. The number of benzene rings is 1. The van der Waals surface area contributed by atoms with E-state index >= 15 is 0 Å². The summed E-state index contributed by atoms with van der Waals surface area (Å²) in [5, 5.41) is 0. The van der Waals surface area contributed by atoms with Crippen LogP contribution in [0.4, 0.5) is 0 Å². The molecule has 5 fully saturated rings. The van der Waals surface area contributed by atoms with Crippen molar-refractivity contribution in [3.05, 3.63) is 55.0 Å². The van der Waals surface area contributed by atoms with Crippen LogP contribution in [0.15, 0.2) is 42.7 Å². The van der Waals surface area contributed by atoms with Gasteiger partial charge in [0.25, 0.3) is 0 Å². The first-order chi connectivity index (χ1) is 22.7. The molecule has 5 saturated carbocycles. The summed E-state index contributed by atoms with van der Waals surface area (Å²) in [6.07, 6.45) is 42.5. The van der Waals surface area contributed by atoms with Gasteiger partial charge in [0.05, 0.1) is 17.0 Å². The summed E-state index contributed by atoms with van der Waals surface area (Å²) in [5.74, 6) is 0. The molecule has 6 heteroatoms. The van der Waals surface area contributed by atoms with Gasteiger partial charge in [-0.15, -0.1) is 0 Å². The van der Waals surface area contributed by atoms with Gasteiger partial charge in [0, 0.05) is 20.0 Å². The Kier molecular flexibility index (Phi) is 17.3. The zero-order chi connectivity index (χ0) is 31.8. The Morgan fingerprint density at radius 1 is 0.522 bits per heavy atom. The van der Waals surface area contributed by atoms with E-state index < -0.39 is 13.5 Å². The minimum atomic E-state index is -1.61. The Morgan fingerprint density at radius 2 is 0.870 bits per heavy atom. The van der Waals surface area contributed by atoms with Crippen LogP contribution in [-0.4, -0.2) is 43.5 Å². The second-order valence-electron chi connectivity index (χ2n) is 15.1. The fourth-order valence-corrected chi connectivity index (χ4v) is 16.5. The first kappa shape index (κ1) is 37.3. The van der Waals surface area contributed by atoms with E-state index in [4.69, 9.17) is 19.4 Å². The van der Waals surface area contributed by atoms with Crippen molar-refractivity contribution in [1.29, 1.82) is 0 Å². The van der Waals surface area contributed by atoms with E-state index in [1.54, 1.807) is 96.3 Å². The number of hydrogen-bond acceptors (Lipinski definition) is 2. The van der Waals surface area contributed by atoms with Gasteiger partial charge in [0.1, 0.15) is 0 Å². The first-order valence-electron chi connectivity index (χ1n) is 19.5. The molecule has 0 atom stereocenters. The fourth-order valence-electron chi connectivity index (χ4n) is 9.49. The summed E-state index contributed by atoms with van der Waals surface area (Å²) in [6.45, 7) is 2.38. The van der Waals surface area contributed by atoms with Gasteiger partial charge in [0.15, 0.2) is 0 Å². The Labute approximate surface area is 298 Å². The molecule has 1 aromatic carbocycles. The molecule has 46 heavy (non-hydrogen) atoms. The Bertz CT molecular complexity index is 935. The van der Waals surface area contributed by atoms with Crippen molar-refractivity contribution < 1.29 is 13.5 Å². The molecule has 6 aliphatic rings. The third-order valence-corrected chi connectivity index (χ3v) is 18.3. The molecule has 0 amide bonds. The molecule has 0 N–H and O–H groups in total. The Morgan fingerprint density at radius 3 is 1.22 bits per heavy atom. The molecule has 0 radical (unpaired) electrons. The van der Waals surface area contributed by atoms with Crippen molar-refractivity contribution in [2.24, 2.45) is 0 Å². The second kappa shape index (κ2) is 21.3. The van der Waals surface area contributed by atoms with Crippen LogP contribution < -0.4 is 0 Å². The van der Waals surface area contributed by atoms with Gasteiger partial charge in [-0.2, -0.15) is 6.67 Å². The molecule has 1 aliphatic heterocycles. The molecular weight excluding hydrogens is 711 g/mol. The van der Waals surface area contributed by atoms with E-state index in [1.807, 2.05) is 34.9 Å². The summed E-state index contributed by atoms with van der Waals surface area (Å²) < 4.78 is 1.92. The van der Waals surface area contributed by atoms with Crippen molar-refractivity contribution >= 4 is 31.9 Å². The molecule has 2 nitrogen and oxygen atoms in total. The fraction of sp³-hybridized carbons (Fsp3) is 0.750. The van der Waals surface area contributed by atoms with Crippen LogP contribution in [0, 0.1) is 6.67 Å². The summed E-state index contributed by atoms with van der Waals surface area (Å²) in [4.78, 5) is 4.96. The molecule has 5 aliphatic carbocycles. The van der Waals surface area contributed by atoms with Crippen molar-refractivity contribution in [1.82, 2.24) is 9.80 Å². The van der Waals surface area contributed by atoms with Gasteiger partial charge < -0.3 is 9.80 Å². The molecule has 0 aromatic heterocycles. The number of halogens is 2. The average molecular weight is 777 g/mol. The molecule has 1 heterocycles. The van der Waals surface area contributed by atoms with Crippen LogP contribution in [0.25, 0.3) is 0 Å². The van der Waals surface area contributed by atoms with Crippen LogP contribution in [0.5, 0.6) is 0 Å². The molecule has 7 rings (SSSR count). The SMILES string of the molecule is C1=CN(C2CCCCC2)[CH-]N1C1CCCCC1.C1CCC([PH+](C2CCCCC2)C2CCCCC2)CC1.[Cl][Ru]([Cl])=[CH]c1ccccc1. The van der Waals surface area contributed by atoms with E-state index in [2.05, 4.69) is 28.9 Å². The van der Waals surface area contributed by atoms with Crippen molar-refractivity contribution in [2.45, 2.75) is 190 Å². The zero-order valence-corrected chi connectivity index (χ0v) is 33.0. The van der Waals surface area contributed by atoms with E-state index in [1.165, 1.54) is 81.2 Å². The summed E-state index contributed by atoms with van der Waals surface area (Å²) >= 11 is -1.61. The quantitative estimate of drug-likeness (QED) is 0.161. The number of nitrogens with zero attached hydrogens (tertiary/aromatic N) is 2. The van der Waals surface area contributed by atoms with Crippen LogP contribution in [0.2, 0.25) is 0 Å². The third kappa shape index (κ3) is 12.4. The van der Waals surface area contributed by atoms with E-state index in [0.717, 1.165) is 17.6 Å². The van der Waals surface area contributed by atoms with Crippen LogP contribution >= 0.6 is 27.3 Å². The van der Waals surface area contributed by atoms with Crippen LogP contribution in [-0.2, 0) is 13.5 Å². The van der Waals surface area contributed by atoms with E-state index in [-0.39, 0.29) is 7.92 Å². The maximum absolute atomic E-state index is 5.67. The minimum absolute atomic E-state index is 0.0465. The molecular formula is C40H65Cl2N2PRu. The number of rotatable bonds is 6. The average Bonchev–Trinajstić information content (AvgIpc) is 3.62. The second-order valence-corrected chi connectivity index (χ2v) is 24.3. The Hall–Kier alpha value is 0.0634. The van der Waals surface area contributed by atoms with Gasteiger partial charge >= 0.3 is 73.4 Å². The zero-order valence-electron chi connectivity index (χ0n) is 28.8. The first-order valence-corrected chi connectivity index (χ1v) is 26.7. The van der Waals surface area contributed by atoms with Gasteiger partial charge in [-0.1, -0.05) is 57.8 Å². The normalized spacial score (nSPS) is 24.6. The third-order valence-electron chi connectivity index (χ3n) is 11.9. The van der Waals surface area contributed by atoms with Gasteiger partial charge in [-0.3, -0.25) is 0 Å². The summed E-state index contributed by atoms with van der Waals surface area (Å²) in [7, 11) is 11.3. The monoisotopic (exact) mass is 776 g/mol. The Balaban J connectivity index is 0.000000143. The molecule has 0 spiro atoms. The molecule has 0 unspecified atom stereocenters.